The summed E-state index contributed by atoms with van der Waals surface area (Å²) >= 11 is 3.49. The molecule has 0 aliphatic carbocycles. The van der Waals surface area contributed by atoms with Gasteiger partial charge in [0.15, 0.2) is 5.82 Å². The third-order valence-electron chi connectivity index (χ3n) is 3.73. The van der Waals surface area contributed by atoms with E-state index < -0.39 is 5.60 Å². The number of hydrogen-bond donors (Lipinski definition) is 0. The minimum absolute atomic E-state index is 0.301. The third-order valence-corrected chi connectivity index (χ3v) is 4.23. The van der Waals surface area contributed by atoms with Crippen LogP contribution in [0.15, 0.2) is 28.7 Å². The van der Waals surface area contributed by atoms with Crippen LogP contribution in [0.2, 0.25) is 0 Å². The van der Waals surface area contributed by atoms with Crippen molar-refractivity contribution in [1.82, 2.24) is 19.7 Å². The largest absolute Gasteiger partial charge is 0.444 e. The number of hydrogen-bond acceptors (Lipinski definition) is 4. The van der Waals surface area contributed by atoms with E-state index >= 15 is 0 Å². The highest BCUT2D eigenvalue weighted by Crippen LogP contribution is 2.19. The zero-order valence-corrected chi connectivity index (χ0v) is 15.7. The average Bonchev–Trinajstić information content (AvgIpc) is 2.88. The Morgan fingerprint density at radius 2 is 2.08 bits per heavy atom. The number of amides is 1. The number of fused-ring (bicyclic) bond motifs is 1. The highest BCUT2D eigenvalue weighted by Gasteiger charge is 2.28. The van der Waals surface area contributed by atoms with Gasteiger partial charge in [-0.05, 0) is 38.5 Å². The highest BCUT2D eigenvalue weighted by atomic mass is 79.9. The molecule has 0 N–H and O–H groups in total. The quantitative estimate of drug-likeness (QED) is 0.785. The van der Waals surface area contributed by atoms with Gasteiger partial charge in [0.2, 0.25) is 0 Å². The van der Waals surface area contributed by atoms with Crippen molar-refractivity contribution in [1.29, 1.82) is 0 Å². The van der Waals surface area contributed by atoms with Gasteiger partial charge >= 0.3 is 6.09 Å². The molecule has 2 heterocycles. The van der Waals surface area contributed by atoms with Crippen LogP contribution in [-0.4, -0.2) is 37.9 Å². The van der Waals surface area contributed by atoms with E-state index in [2.05, 4.69) is 42.8 Å². The molecule has 0 saturated heterocycles. The average molecular weight is 393 g/mol. The number of carbonyl (C=O) groups excluding carboxylic acids is 1. The number of halogens is 1. The van der Waals surface area contributed by atoms with Crippen molar-refractivity contribution in [2.75, 3.05) is 6.54 Å². The molecule has 1 amide bonds. The van der Waals surface area contributed by atoms with Crippen LogP contribution < -0.4 is 0 Å². The van der Waals surface area contributed by atoms with Crippen molar-refractivity contribution in [3.63, 3.8) is 0 Å². The van der Waals surface area contributed by atoms with E-state index in [1.165, 1.54) is 5.56 Å². The Morgan fingerprint density at radius 1 is 1.29 bits per heavy atom. The normalized spacial score (nSPS) is 14.4. The SMILES string of the molecule is CC(C)(C)OC(=O)N1CCn2c(Cc3cccc(Br)c3)nnc2C1. The predicted molar refractivity (Wildman–Crippen MR) is 93.6 cm³/mol. The molecule has 1 aromatic carbocycles. The summed E-state index contributed by atoms with van der Waals surface area (Å²) in [7, 11) is 0. The maximum Gasteiger partial charge on any atom is 0.410 e. The second kappa shape index (κ2) is 6.55. The first kappa shape index (κ1) is 17.0. The van der Waals surface area contributed by atoms with Crippen LogP contribution in [0, 0.1) is 0 Å². The second-order valence-corrected chi connectivity index (χ2v) is 7.81. The maximum atomic E-state index is 12.2. The van der Waals surface area contributed by atoms with Crippen LogP contribution in [0.1, 0.15) is 38.0 Å². The Hall–Kier alpha value is -1.89. The Balaban J connectivity index is 1.71. The monoisotopic (exact) mass is 392 g/mol. The molecular weight excluding hydrogens is 372 g/mol. The molecule has 1 aliphatic rings. The molecule has 0 spiro atoms. The van der Waals surface area contributed by atoms with Crippen molar-refractivity contribution in [2.45, 2.75) is 45.9 Å². The van der Waals surface area contributed by atoms with Gasteiger partial charge in [-0.3, -0.25) is 4.90 Å². The van der Waals surface area contributed by atoms with E-state index in [0.29, 0.717) is 19.6 Å². The molecule has 0 unspecified atom stereocenters. The number of aromatic nitrogens is 3. The molecule has 0 bridgehead atoms. The zero-order valence-electron chi connectivity index (χ0n) is 14.1. The summed E-state index contributed by atoms with van der Waals surface area (Å²) in [6.45, 7) is 7.32. The molecule has 1 aliphatic heterocycles. The lowest BCUT2D eigenvalue weighted by Gasteiger charge is -2.30. The highest BCUT2D eigenvalue weighted by molar-refractivity contribution is 9.10. The van der Waals surface area contributed by atoms with Crippen LogP contribution in [-0.2, 0) is 24.2 Å². The maximum absolute atomic E-state index is 12.2. The third kappa shape index (κ3) is 3.95. The number of nitrogens with zero attached hydrogens (tertiary/aromatic N) is 4. The lowest BCUT2D eigenvalue weighted by atomic mass is 10.1. The molecule has 24 heavy (non-hydrogen) atoms. The first-order valence-corrected chi connectivity index (χ1v) is 8.74. The smallest absolute Gasteiger partial charge is 0.410 e. The summed E-state index contributed by atoms with van der Waals surface area (Å²) in [5.41, 5.74) is 0.683. The number of ether oxygens (including phenoxy) is 1. The van der Waals surface area contributed by atoms with E-state index in [1.807, 2.05) is 32.9 Å². The minimum Gasteiger partial charge on any atom is -0.444 e. The fourth-order valence-corrected chi connectivity index (χ4v) is 3.11. The van der Waals surface area contributed by atoms with Crippen molar-refractivity contribution in [2.24, 2.45) is 0 Å². The standard InChI is InChI=1S/C17H21BrN4O2/c1-17(2,3)24-16(23)21-7-8-22-14(19-20-15(22)11-21)10-12-5-4-6-13(18)9-12/h4-6,9H,7-8,10-11H2,1-3H3. The van der Waals surface area contributed by atoms with Gasteiger partial charge in [-0.15, -0.1) is 10.2 Å². The van der Waals surface area contributed by atoms with E-state index in [1.54, 1.807) is 4.90 Å². The van der Waals surface area contributed by atoms with Crippen LogP contribution in [0.3, 0.4) is 0 Å². The van der Waals surface area contributed by atoms with Crippen LogP contribution >= 0.6 is 15.9 Å². The fraction of sp³-hybridized carbons (Fsp3) is 0.471. The molecular formula is C17H21BrN4O2. The van der Waals surface area contributed by atoms with Gasteiger partial charge in [0.05, 0.1) is 6.54 Å². The lowest BCUT2D eigenvalue weighted by molar-refractivity contribution is 0.0194. The molecule has 3 rings (SSSR count). The predicted octanol–water partition coefficient (Wildman–Crippen LogP) is 3.38. The first-order chi connectivity index (χ1) is 11.3. The van der Waals surface area contributed by atoms with E-state index in [0.717, 1.165) is 22.5 Å². The second-order valence-electron chi connectivity index (χ2n) is 6.89. The molecule has 128 valence electrons. The number of carbonyl (C=O) groups is 1. The Labute approximate surface area is 149 Å². The van der Waals surface area contributed by atoms with Crippen molar-refractivity contribution in [3.05, 3.63) is 46.0 Å². The lowest BCUT2D eigenvalue weighted by Crippen LogP contribution is -2.41. The van der Waals surface area contributed by atoms with Gasteiger partial charge in [-0.25, -0.2) is 4.79 Å². The van der Waals surface area contributed by atoms with Gasteiger partial charge in [-0.2, -0.15) is 0 Å². The fourth-order valence-electron chi connectivity index (χ4n) is 2.66. The number of rotatable bonds is 2. The summed E-state index contributed by atoms with van der Waals surface area (Å²) in [5, 5.41) is 8.57. The first-order valence-electron chi connectivity index (χ1n) is 7.95. The summed E-state index contributed by atoms with van der Waals surface area (Å²) in [6, 6.07) is 8.16. The van der Waals surface area contributed by atoms with E-state index in [4.69, 9.17) is 4.74 Å². The topological polar surface area (TPSA) is 60.2 Å². The summed E-state index contributed by atoms with van der Waals surface area (Å²) in [6.07, 6.45) is 0.420. The van der Waals surface area contributed by atoms with Crippen LogP contribution in [0.25, 0.3) is 0 Å². The Morgan fingerprint density at radius 3 is 2.79 bits per heavy atom. The molecule has 2 aromatic rings. The van der Waals surface area contributed by atoms with Crippen molar-refractivity contribution < 1.29 is 9.53 Å². The molecule has 0 atom stereocenters. The van der Waals surface area contributed by atoms with Gasteiger partial charge < -0.3 is 9.30 Å². The summed E-state index contributed by atoms with van der Waals surface area (Å²) in [4.78, 5) is 13.9. The van der Waals surface area contributed by atoms with E-state index in [9.17, 15) is 4.79 Å². The minimum atomic E-state index is -0.492. The van der Waals surface area contributed by atoms with Gasteiger partial charge in [0, 0.05) is 24.0 Å². The van der Waals surface area contributed by atoms with Crippen molar-refractivity contribution >= 4 is 22.0 Å². The van der Waals surface area contributed by atoms with Gasteiger partial charge in [-0.1, -0.05) is 28.1 Å². The molecule has 0 radical (unpaired) electrons. The van der Waals surface area contributed by atoms with Crippen LogP contribution in [0.5, 0.6) is 0 Å². The molecule has 0 saturated carbocycles. The van der Waals surface area contributed by atoms with E-state index in [-0.39, 0.29) is 6.09 Å². The molecule has 7 heteroatoms. The Kier molecular flexibility index (Phi) is 4.62. The summed E-state index contributed by atoms with van der Waals surface area (Å²) < 4.78 is 8.58. The van der Waals surface area contributed by atoms with Gasteiger partial charge in [0.1, 0.15) is 11.4 Å². The Bertz CT molecular complexity index is 751. The zero-order chi connectivity index (χ0) is 17.3. The van der Waals surface area contributed by atoms with Crippen LogP contribution in [0.4, 0.5) is 4.79 Å². The summed E-state index contributed by atoms with van der Waals surface area (Å²) in [5.74, 6) is 1.73. The van der Waals surface area contributed by atoms with Crippen molar-refractivity contribution in [3.8, 4) is 0 Å². The molecule has 6 nitrogen and oxygen atoms in total. The molecule has 1 aromatic heterocycles. The molecule has 0 fully saturated rings. The number of benzene rings is 1. The van der Waals surface area contributed by atoms with Gasteiger partial charge in [0.25, 0.3) is 0 Å².